The van der Waals surface area contributed by atoms with E-state index in [1.165, 1.54) is 25.7 Å². The molecule has 0 spiro atoms. The summed E-state index contributed by atoms with van der Waals surface area (Å²) < 4.78 is 0. The van der Waals surface area contributed by atoms with E-state index in [1.54, 1.807) is 0 Å². The first-order valence-corrected chi connectivity index (χ1v) is 7.28. The summed E-state index contributed by atoms with van der Waals surface area (Å²) in [7, 11) is 0. The molecule has 0 atom stereocenters. The number of amides is 1. The topological polar surface area (TPSA) is 55.1 Å². The van der Waals surface area contributed by atoms with Gasteiger partial charge in [-0.05, 0) is 45.1 Å². The Kier molecular flexibility index (Phi) is 4.43. The SMILES string of the molecule is NCCCC1(NC(=O)C2CCC2)CCCCC1. The van der Waals surface area contributed by atoms with Crippen molar-refractivity contribution in [3.05, 3.63) is 0 Å². The molecule has 3 nitrogen and oxygen atoms in total. The normalized spacial score (nSPS) is 24.1. The lowest BCUT2D eigenvalue weighted by atomic mass is 9.77. The molecule has 3 N–H and O–H groups in total. The minimum atomic E-state index is 0.0876. The van der Waals surface area contributed by atoms with E-state index in [9.17, 15) is 4.79 Å². The number of nitrogens with one attached hydrogen (secondary N) is 1. The molecule has 2 aliphatic carbocycles. The predicted octanol–water partition coefficient (Wildman–Crippen LogP) is 2.34. The number of hydrogen-bond acceptors (Lipinski definition) is 2. The van der Waals surface area contributed by atoms with E-state index in [0.29, 0.717) is 11.8 Å². The Morgan fingerprint density at radius 1 is 1.18 bits per heavy atom. The van der Waals surface area contributed by atoms with Crippen molar-refractivity contribution in [2.75, 3.05) is 6.54 Å². The molecule has 2 aliphatic rings. The zero-order valence-electron chi connectivity index (χ0n) is 10.8. The van der Waals surface area contributed by atoms with Crippen LogP contribution in [0.2, 0.25) is 0 Å². The molecule has 1 amide bonds. The van der Waals surface area contributed by atoms with Crippen LogP contribution in [-0.2, 0) is 4.79 Å². The molecule has 0 aliphatic heterocycles. The molecule has 0 aromatic carbocycles. The summed E-state index contributed by atoms with van der Waals surface area (Å²) in [4.78, 5) is 12.1. The van der Waals surface area contributed by atoms with Gasteiger partial charge < -0.3 is 11.1 Å². The fourth-order valence-corrected chi connectivity index (χ4v) is 3.14. The van der Waals surface area contributed by atoms with Crippen LogP contribution in [0.25, 0.3) is 0 Å². The Labute approximate surface area is 105 Å². The van der Waals surface area contributed by atoms with Crippen molar-refractivity contribution >= 4 is 5.91 Å². The molecule has 3 heteroatoms. The van der Waals surface area contributed by atoms with Gasteiger partial charge in [0.25, 0.3) is 0 Å². The van der Waals surface area contributed by atoms with E-state index in [4.69, 9.17) is 5.73 Å². The summed E-state index contributed by atoms with van der Waals surface area (Å²) in [5, 5.41) is 3.37. The second kappa shape index (κ2) is 5.85. The zero-order valence-corrected chi connectivity index (χ0v) is 10.8. The summed E-state index contributed by atoms with van der Waals surface area (Å²) in [6.45, 7) is 0.737. The molecule has 17 heavy (non-hydrogen) atoms. The minimum absolute atomic E-state index is 0.0876. The third kappa shape index (κ3) is 3.21. The third-order valence-electron chi connectivity index (χ3n) is 4.53. The molecule has 0 bridgehead atoms. The van der Waals surface area contributed by atoms with Crippen molar-refractivity contribution in [1.29, 1.82) is 0 Å². The van der Waals surface area contributed by atoms with Crippen LogP contribution in [-0.4, -0.2) is 18.0 Å². The Balaban J connectivity index is 1.91. The van der Waals surface area contributed by atoms with Gasteiger partial charge in [-0.15, -0.1) is 0 Å². The van der Waals surface area contributed by atoms with E-state index in [0.717, 1.165) is 45.1 Å². The maximum atomic E-state index is 12.1. The number of rotatable bonds is 5. The second-order valence-corrected chi connectivity index (χ2v) is 5.85. The van der Waals surface area contributed by atoms with Gasteiger partial charge in [0, 0.05) is 11.5 Å². The Morgan fingerprint density at radius 2 is 1.88 bits per heavy atom. The molecule has 2 saturated carbocycles. The van der Waals surface area contributed by atoms with Crippen LogP contribution < -0.4 is 11.1 Å². The standard InChI is InChI=1S/C14H26N2O/c15-11-5-10-14(8-2-1-3-9-14)16-13(17)12-6-4-7-12/h12H,1-11,15H2,(H,16,17). The van der Waals surface area contributed by atoms with Crippen LogP contribution in [0.15, 0.2) is 0 Å². The lowest BCUT2D eigenvalue weighted by Gasteiger charge is -2.40. The van der Waals surface area contributed by atoms with Crippen LogP contribution in [0, 0.1) is 5.92 Å². The fraction of sp³-hybridized carbons (Fsp3) is 0.929. The van der Waals surface area contributed by atoms with Crippen molar-refractivity contribution < 1.29 is 4.79 Å². The van der Waals surface area contributed by atoms with Crippen molar-refractivity contribution in [2.24, 2.45) is 11.7 Å². The number of nitrogens with two attached hydrogens (primary N) is 1. The maximum Gasteiger partial charge on any atom is 0.223 e. The molecule has 2 fully saturated rings. The predicted molar refractivity (Wildman–Crippen MR) is 69.6 cm³/mol. The highest BCUT2D eigenvalue weighted by atomic mass is 16.2. The smallest absolute Gasteiger partial charge is 0.223 e. The molecule has 98 valence electrons. The Morgan fingerprint density at radius 3 is 2.41 bits per heavy atom. The Bertz CT molecular complexity index is 255. The molecule has 0 unspecified atom stereocenters. The summed E-state index contributed by atoms with van der Waals surface area (Å²) in [5.41, 5.74) is 5.71. The second-order valence-electron chi connectivity index (χ2n) is 5.85. The van der Waals surface area contributed by atoms with Gasteiger partial charge in [0.2, 0.25) is 5.91 Å². The minimum Gasteiger partial charge on any atom is -0.350 e. The quantitative estimate of drug-likeness (QED) is 0.772. The van der Waals surface area contributed by atoms with Crippen molar-refractivity contribution in [3.8, 4) is 0 Å². The van der Waals surface area contributed by atoms with Gasteiger partial charge in [-0.3, -0.25) is 4.79 Å². The van der Waals surface area contributed by atoms with Crippen LogP contribution in [0.3, 0.4) is 0 Å². The van der Waals surface area contributed by atoms with Crippen LogP contribution in [0.4, 0.5) is 0 Å². The van der Waals surface area contributed by atoms with Gasteiger partial charge in [0.05, 0.1) is 0 Å². The Hall–Kier alpha value is -0.570. The first-order valence-electron chi connectivity index (χ1n) is 7.28. The van der Waals surface area contributed by atoms with E-state index in [2.05, 4.69) is 5.32 Å². The van der Waals surface area contributed by atoms with Crippen molar-refractivity contribution in [3.63, 3.8) is 0 Å². The van der Waals surface area contributed by atoms with Gasteiger partial charge in [0.1, 0.15) is 0 Å². The largest absolute Gasteiger partial charge is 0.350 e. The lowest BCUT2D eigenvalue weighted by Crippen LogP contribution is -2.52. The van der Waals surface area contributed by atoms with Crippen LogP contribution in [0.1, 0.15) is 64.2 Å². The summed E-state index contributed by atoms with van der Waals surface area (Å²) >= 11 is 0. The lowest BCUT2D eigenvalue weighted by molar-refractivity contribution is -0.130. The van der Waals surface area contributed by atoms with Gasteiger partial charge in [-0.2, -0.15) is 0 Å². The molecular formula is C14H26N2O. The highest BCUT2D eigenvalue weighted by Gasteiger charge is 2.36. The van der Waals surface area contributed by atoms with Gasteiger partial charge in [0.15, 0.2) is 0 Å². The molecule has 0 aromatic rings. The first-order chi connectivity index (χ1) is 8.26. The monoisotopic (exact) mass is 238 g/mol. The average Bonchev–Trinajstić information content (AvgIpc) is 2.25. The molecule has 0 saturated heterocycles. The van der Waals surface area contributed by atoms with E-state index < -0.39 is 0 Å². The third-order valence-corrected chi connectivity index (χ3v) is 4.53. The molecular weight excluding hydrogens is 212 g/mol. The molecule has 2 rings (SSSR count). The summed E-state index contributed by atoms with van der Waals surface area (Å²) in [5.74, 6) is 0.627. The van der Waals surface area contributed by atoms with Gasteiger partial charge in [-0.25, -0.2) is 0 Å². The van der Waals surface area contributed by atoms with Crippen LogP contribution >= 0.6 is 0 Å². The highest BCUT2D eigenvalue weighted by Crippen LogP contribution is 2.34. The van der Waals surface area contributed by atoms with Crippen LogP contribution in [0.5, 0.6) is 0 Å². The summed E-state index contributed by atoms with van der Waals surface area (Å²) in [6.07, 6.45) is 11.7. The van der Waals surface area contributed by atoms with Crippen molar-refractivity contribution in [2.45, 2.75) is 69.7 Å². The van der Waals surface area contributed by atoms with Gasteiger partial charge >= 0.3 is 0 Å². The summed E-state index contributed by atoms with van der Waals surface area (Å²) in [6, 6.07) is 0. The molecule has 0 aromatic heterocycles. The van der Waals surface area contributed by atoms with E-state index >= 15 is 0 Å². The molecule has 0 radical (unpaired) electrons. The maximum absolute atomic E-state index is 12.1. The highest BCUT2D eigenvalue weighted by molar-refractivity contribution is 5.80. The first kappa shape index (κ1) is 12.9. The van der Waals surface area contributed by atoms with Gasteiger partial charge in [-0.1, -0.05) is 25.7 Å². The number of carbonyl (C=O) groups is 1. The molecule has 0 heterocycles. The zero-order chi connectivity index (χ0) is 12.1. The average molecular weight is 238 g/mol. The fourth-order valence-electron chi connectivity index (χ4n) is 3.14. The number of hydrogen-bond donors (Lipinski definition) is 2. The van der Waals surface area contributed by atoms with Crippen molar-refractivity contribution in [1.82, 2.24) is 5.32 Å². The van der Waals surface area contributed by atoms with E-state index in [1.807, 2.05) is 0 Å². The number of carbonyl (C=O) groups excluding carboxylic acids is 1. The van der Waals surface area contributed by atoms with E-state index in [-0.39, 0.29) is 5.54 Å².